The first kappa shape index (κ1) is 12.7. The van der Waals surface area contributed by atoms with Crippen LogP contribution in [0.25, 0.3) is 0 Å². The molecule has 2 aliphatic rings. The molecule has 1 aliphatic heterocycles. The maximum absolute atomic E-state index is 12.2. The van der Waals surface area contributed by atoms with Crippen LogP contribution in [0.4, 0.5) is 4.79 Å². The lowest BCUT2D eigenvalue weighted by atomic mass is 9.92. The van der Waals surface area contributed by atoms with Crippen LogP contribution in [-0.2, 0) is 11.3 Å². The topological polar surface area (TPSA) is 40.6 Å². The Morgan fingerprint density at radius 3 is 2.42 bits per heavy atom. The van der Waals surface area contributed by atoms with E-state index in [1.807, 2.05) is 24.3 Å². The standard InChI is InChI=1S/C14H15BrN2O2/c15-11-6-4-10(5-7-11)8-16-9-13(18)17(14(16)19)12-2-1-3-12/h4-7,12H,1-3,8-9H2. The van der Waals surface area contributed by atoms with E-state index in [9.17, 15) is 9.59 Å². The summed E-state index contributed by atoms with van der Waals surface area (Å²) in [4.78, 5) is 27.3. The van der Waals surface area contributed by atoms with Crippen molar-refractivity contribution in [2.45, 2.75) is 31.8 Å². The van der Waals surface area contributed by atoms with Gasteiger partial charge in [0.15, 0.2) is 0 Å². The maximum atomic E-state index is 12.2. The van der Waals surface area contributed by atoms with Crippen LogP contribution in [-0.4, -0.2) is 34.3 Å². The molecular formula is C14H15BrN2O2. The Labute approximate surface area is 120 Å². The minimum absolute atomic E-state index is 0.0492. The summed E-state index contributed by atoms with van der Waals surface area (Å²) in [6.07, 6.45) is 3.04. The molecule has 19 heavy (non-hydrogen) atoms. The number of amides is 3. The van der Waals surface area contributed by atoms with E-state index in [1.54, 1.807) is 4.90 Å². The molecule has 1 aromatic rings. The quantitative estimate of drug-likeness (QED) is 0.803. The molecule has 0 atom stereocenters. The zero-order valence-electron chi connectivity index (χ0n) is 10.5. The molecule has 1 heterocycles. The Hall–Kier alpha value is -1.36. The van der Waals surface area contributed by atoms with Crippen molar-refractivity contribution in [3.63, 3.8) is 0 Å². The van der Waals surface area contributed by atoms with E-state index >= 15 is 0 Å². The second-order valence-corrected chi connectivity index (χ2v) is 6.03. The Balaban J connectivity index is 1.70. The predicted molar refractivity (Wildman–Crippen MR) is 74.4 cm³/mol. The molecule has 5 heteroatoms. The van der Waals surface area contributed by atoms with Gasteiger partial charge in [-0.3, -0.25) is 9.69 Å². The van der Waals surface area contributed by atoms with Gasteiger partial charge in [0, 0.05) is 17.1 Å². The summed E-state index contributed by atoms with van der Waals surface area (Å²) in [5.41, 5.74) is 1.04. The van der Waals surface area contributed by atoms with Crippen molar-refractivity contribution < 1.29 is 9.59 Å². The first-order valence-electron chi connectivity index (χ1n) is 6.50. The third-order valence-electron chi connectivity index (χ3n) is 3.80. The summed E-state index contributed by atoms with van der Waals surface area (Å²) in [6, 6.07) is 7.84. The van der Waals surface area contributed by atoms with Gasteiger partial charge >= 0.3 is 6.03 Å². The molecule has 0 spiro atoms. The first-order valence-corrected chi connectivity index (χ1v) is 7.30. The number of hydrogen-bond acceptors (Lipinski definition) is 2. The second-order valence-electron chi connectivity index (χ2n) is 5.11. The number of carbonyl (C=O) groups excluding carboxylic acids is 2. The first-order chi connectivity index (χ1) is 9.15. The molecule has 100 valence electrons. The molecular weight excluding hydrogens is 308 g/mol. The molecule has 1 saturated carbocycles. The van der Waals surface area contributed by atoms with Crippen molar-refractivity contribution >= 4 is 27.9 Å². The molecule has 1 aromatic carbocycles. The van der Waals surface area contributed by atoms with Crippen LogP contribution in [0.5, 0.6) is 0 Å². The Morgan fingerprint density at radius 2 is 1.84 bits per heavy atom. The zero-order valence-corrected chi connectivity index (χ0v) is 12.1. The predicted octanol–water partition coefficient (Wildman–Crippen LogP) is 2.77. The van der Waals surface area contributed by atoms with Crippen LogP contribution >= 0.6 is 15.9 Å². The van der Waals surface area contributed by atoms with Gasteiger partial charge in [-0.1, -0.05) is 28.1 Å². The molecule has 1 saturated heterocycles. The number of rotatable bonds is 3. The lowest BCUT2D eigenvalue weighted by Crippen LogP contribution is -2.44. The number of urea groups is 1. The van der Waals surface area contributed by atoms with Crippen molar-refractivity contribution in [2.24, 2.45) is 0 Å². The summed E-state index contributed by atoms with van der Waals surface area (Å²) >= 11 is 3.38. The van der Waals surface area contributed by atoms with Crippen molar-refractivity contribution in [3.8, 4) is 0 Å². The van der Waals surface area contributed by atoms with Gasteiger partial charge in [0.1, 0.15) is 6.54 Å². The Kier molecular flexibility index (Phi) is 3.31. The van der Waals surface area contributed by atoms with Crippen LogP contribution in [0.15, 0.2) is 28.7 Å². The molecule has 1 aliphatic carbocycles. The maximum Gasteiger partial charge on any atom is 0.327 e. The molecule has 0 bridgehead atoms. The number of hydrogen-bond donors (Lipinski definition) is 0. The molecule has 3 rings (SSSR count). The van der Waals surface area contributed by atoms with Gasteiger partial charge in [-0.25, -0.2) is 4.79 Å². The second kappa shape index (κ2) is 4.96. The number of imide groups is 1. The van der Waals surface area contributed by atoms with E-state index in [4.69, 9.17) is 0 Å². The lowest BCUT2D eigenvalue weighted by Gasteiger charge is -2.32. The van der Waals surface area contributed by atoms with Crippen LogP contribution in [0, 0.1) is 0 Å². The number of carbonyl (C=O) groups is 2. The number of nitrogens with zero attached hydrogens (tertiary/aromatic N) is 2. The van der Waals surface area contributed by atoms with Crippen LogP contribution in [0.2, 0.25) is 0 Å². The smallest absolute Gasteiger partial charge is 0.311 e. The normalized spacial score (nSPS) is 20.1. The molecule has 4 nitrogen and oxygen atoms in total. The van der Waals surface area contributed by atoms with Crippen LogP contribution < -0.4 is 0 Å². The summed E-state index contributed by atoms with van der Waals surface area (Å²) in [7, 11) is 0. The fourth-order valence-corrected chi connectivity index (χ4v) is 2.77. The molecule has 3 amide bonds. The zero-order chi connectivity index (χ0) is 13.4. The highest BCUT2D eigenvalue weighted by Crippen LogP contribution is 2.29. The molecule has 0 unspecified atom stereocenters. The van der Waals surface area contributed by atoms with Gasteiger partial charge in [-0.15, -0.1) is 0 Å². The molecule has 0 N–H and O–H groups in total. The van der Waals surface area contributed by atoms with Gasteiger partial charge in [-0.05, 0) is 37.0 Å². The van der Waals surface area contributed by atoms with Gasteiger partial charge < -0.3 is 4.90 Å². The average Bonchev–Trinajstić information content (AvgIpc) is 2.58. The summed E-state index contributed by atoms with van der Waals surface area (Å²) in [5.74, 6) is -0.0492. The van der Waals surface area contributed by atoms with Gasteiger partial charge in [-0.2, -0.15) is 0 Å². The van der Waals surface area contributed by atoms with E-state index in [-0.39, 0.29) is 24.5 Å². The Bertz CT molecular complexity index is 511. The summed E-state index contributed by atoms with van der Waals surface area (Å²) in [5, 5.41) is 0. The van der Waals surface area contributed by atoms with Crippen LogP contribution in [0.1, 0.15) is 24.8 Å². The SMILES string of the molecule is O=C1CN(Cc2ccc(Br)cc2)C(=O)N1C1CCC1. The highest BCUT2D eigenvalue weighted by molar-refractivity contribution is 9.10. The third-order valence-corrected chi connectivity index (χ3v) is 4.33. The average molecular weight is 323 g/mol. The van der Waals surface area contributed by atoms with Crippen molar-refractivity contribution in [1.82, 2.24) is 9.80 Å². The highest BCUT2D eigenvalue weighted by Gasteiger charge is 2.42. The Morgan fingerprint density at radius 1 is 1.16 bits per heavy atom. The molecule has 2 fully saturated rings. The van der Waals surface area contributed by atoms with E-state index in [0.717, 1.165) is 29.3 Å². The minimum atomic E-state index is -0.127. The van der Waals surface area contributed by atoms with E-state index in [2.05, 4.69) is 15.9 Å². The summed E-state index contributed by atoms with van der Waals surface area (Å²) < 4.78 is 1.01. The molecule has 0 aromatic heterocycles. The van der Waals surface area contributed by atoms with Gasteiger partial charge in [0.25, 0.3) is 5.91 Å². The fraction of sp³-hybridized carbons (Fsp3) is 0.429. The van der Waals surface area contributed by atoms with Crippen LogP contribution in [0.3, 0.4) is 0 Å². The third kappa shape index (κ3) is 2.39. The highest BCUT2D eigenvalue weighted by atomic mass is 79.9. The van der Waals surface area contributed by atoms with E-state index in [0.29, 0.717) is 6.54 Å². The van der Waals surface area contributed by atoms with Crippen molar-refractivity contribution in [1.29, 1.82) is 0 Å². The van der Waals surface area contributed by atoms with E-state index in [1.165, 1.54) is 4.90 Å². The van der Waals surface area contributed by atoms with Crippen molar-refractivity contribution in [3.05, 3.63) is 34.3 Å². The number of halogens is 1. The largest absolute Gasteiger partial charge is 0.327 e. The fourth-order valence-electron chi connectivity index (χ4n) is 2.50. The van der Waals surface area contributed by atoms with E-state index < -0.39 is 0 Å². The van der Waals surface area contributed by atoms with Gasteiger partial charge in [0.05, 0.1) is 0 Å². The number of benzene rings is 1. The minimum Gasteiger partial charge on any atom is -0.311 e. The lowest BCUT2D eigenvalue weighted by molar-refractivity contribution is -0.127. The van der Waals surface area contributed by atoms with Crippen molar-refractivity contribution in [2.75, 3.05) is 6.54 Å². The van der Waals surface area contributed by atoms with Gasteiger partial charge in [0.2, 0.25) is 0 Å². The summed E-state index contributed by atoms with van der Waals surface area (Å²) in [6.45, 7) is 0.715. The monoisotopic (exact) mass is 322 g/mol. The molecule has 0 radical (unpaired) electrons.